The second kappa shape index (κ2) is 5.44. The molecule has 0 spiro atoms. The first-order valence-corrected chi connectivity index (χ1v) is 6.34. The van der Waals surface area contributed by atoms with Gasteiger partial charge in [0.15, 0.2) is 0 Å². The molecule has 0 saturated heterocycles. The van der Waals surface area contributed by atoms with Crippen molar-refractivity contribution in [1.82, 2.24) is 0 Å². The summed E-state index contributed by atoms with van der Waals surface area (Å²) in [5, 5.41) is 0. The van der Waals surface area contributed by atoms with Crippen molar-refractivity contribution in [3.63, 3.8) is 0 Å². The molecule has 0 heterocycles. The first-order chi connectivity index (χ1) is 8.19. The van der Waals surface area contributed by atoms with Crippen molar-refractivity contribution in [3.8, 4) is 0 Å². The Hall–Kier alpha value is -1.18. The van der Waals surface area contributed by atoms with Gasteiger partial charge in [-0.15, -0.1) is 0 Å². The van der Waals surface area contributed by atoms with Gasteiger partial charge in [-0.2, -0.15) is 0 Å². The smallest absolute Gasteiger partial charge is 0.126 e. The Kier molecular flexibility index (Phi) is 3.93. The number of halogens is 2. The maximum absolute atomic E-state index is 13.1. The molecule has 0 aromatic heterocycles. The molecule has 1 unspecified atom stereocenters. The number of rotatable bonds is 3. The summed E-state index contributed by atoms with van der Waals surface area (Å²) in [5.41, 5.74) is 1.80. The van der Waals surface area contributed by atoms with E-state index in [2.05, 4.69) is 13.0 Å². The summed E-state index contributed by atoms with van der Waals surface area (Å²) in [6, 6.07) is 3.77. The fraction of sp³-hybridized carbons (Fsp3) is 0.467. The summed E-state index contributed by atoms with van der Waals surface area (Å²) in [6.07, 6.45) is 7.73. The van der Waals surface area contributed by atoms with Crippen LogP contribution in [0.15, 0.2) is 24.3 Å². The molecule has 0 nitrogen and oxygen atoms in total. The van der Waals surface area contributed by atoms with Crippen LogP contribution in [0.2, 0.25) is 0 Å². The number of benzene rings is 1. The first-order valence-electron chi connectivity index (χ1n) is 6.34. The zero-order valence-electron chi connectivity index (χ0n) is 10.2. The van der Waals surface area contributed by atoms with Gasteiger partial charge in [0.25, 0.3) is 0 Å². The van der Waals surface area contributed by atoms with Crippen LogP contribution in [-0.4, -0.2) is 0 Å². The summed E-state index contributed by atoms with van der Waals surface area (Å²) in [5.74, 6) is -0.227. The Morgan fingerprint density at radius 1 is 1.18 bits per heavy atom. The van der Waals surface area contributed by atoms with E-state index in [-0.39, 0.29) is 0 Å². The SMILES string of the molecule is CCCC1CC=C(c2cc(F)cc(F)c2)CC1. The van der Waals surface area contributed by atoms with Crippen molar-refractivity contribution in [2.24, 2.45) is 5.92 Å². The molecule has 0 saturated carbocycles. The largest absolute Gasteiger partial charge is 0.207 e. The highest BCUT2D eigenvalue weighted by atomic mass is 19.1. The number of hydrogen-bond donors (Lipinski definition) is 0. The zero-order valence-corrected chi connectivity index (χ0v) is 10.2. The van der Waals surface area contributed by atoms with Gasteiger partial charge < -0.3 is 0 Å². The van der Waals surface area contributed by atoms with Gasteiger partial charge in [0, 0.05) is 6.07 Å². The van der Waals surface area contributed by atoms with Gasteiger partial charge in [-0.3, -0.25) is 0 Å². The van der Waals surface area contributed by atoms with Gasteiger partial charge in [0.05, 0.1) is 0 Å². The topological polar surface area (TPSA) is 0 Å². The Bertz CT molecular complexity index is 401. The molecule has 0 fully saturated rings. The van der Waals surface area contributed by atoms with E-state index in [1.807, 2.05) is 0 Å². The molecule has 1 aliphatic carbocycles. The van der Waals surface area contributed by atoms with Crippen LogP contribution >= 0.6 is 0 Å². The molecule has 0 aliphatic heterocycles. The molecule has 2 rings (SSSR count). The van der Waals surface area contributed by atoms with Crippen LogP contribution < -0.4 is 0 Å². The molecule has 0 radical (unpaired) electrons. The molecule has 92 valence electrons. The molecule has 17 heavy (non-hydrogen) atoms. The monoisotopic (exact) mass is 236 g/mol. The summed E-state index contributed by atoms with van der Waals surface area (Å²) >= 11 is 0. The maximum Gasteiger partial charge on any atom is 0.126 e. The molecule has 2 heteroatoms. The number of hydrogen-bond acceptors (Lipinski definition) is 0. The molecule has 1 aliphatic rings. The van der Waals surface area contributed by atoms with E-state index >= 15 is 0 Å². The van der Waals surface area contributed by atoms with Crippen molar-refractivity contribution in [2.45, 2.75) is 39.0 Å². The van der Waals surface area contributed by atoms with E-state index < -0.39 is 11.6 Å². The van der Waals surface area contributed by atoms with Gasteiger partial charge in [-0.25, -0.2) is 8.78 Å². The van der Waals surface area contributed by atoms with Crippen molar-refractivity contribution in [3.05, 3.63) is 41.5 Å². The standard InChI is InChI=1S/C15H18F2/c1-2-3-11-4-6-12(7-5-11)13-8-14(16)10-15(17)9-13/h6,8-11H,2-5,7H2,1H3. The highest BCUT2D eigenvalue weighted by molar-refractivity contribution is 5.66. The van der Waals surface area contributed by atoms with Crippen molar-refractivity contribution < 1.29 is 8.78 Å². The van der Waals surface area contributed by atoms with Crippen LogP contribution in [0.5, 0.6) is 0 Å². The van der Waals surface area contributed by atoms with Gasteiger partial charge in [-0.05, 0) is 48.4 Å². The van der Waals surface area contributed by atoms with Gasteiger partial charge in [-0.1, -0.05) is 25.8 Å². The second-order valence-corrected chi connectivity index (χ2v) is 4.82. The molecular formula is C15H18F2. The maximum atomic E-state index is 13.1. The van der Waals surface area contributed by atoms with Crippen LogP contribution in [0.25, 0.3) is 5.57 Å². The summed E-state index contributed by atoms with van der Waals surface area (Å²) < 4.78 is 26.2. The Morgan fingerprint density at radius 2 is 1.88 bits per heavy atom. The lowest BCUT2D eigenvalue weighted by Crippen LogP contribution is -2.05. The minimum atomic E-state index is -0.489. The Balaban J connectivity index is 2.13. The van der Waals surface area contributed by atoms with Gasteiger partial charge in [0.1, 0.15) is 11.6 Å². The highest BCUT2D eigenvalue weighted by Gasteiger charge is 2.15. The number of allylic oxidation sites excluding steroid dienone is 2. The van der Waals surface area contributed by atoms with Crippen LogP contribution in [-0.2, 0) is 0 Å². The van der Waals surface area contributed by atoms with Crippen LogP contribution in [0.1, 0.15) is 44.6 Å². The summed E-state index contributed by atoms with van der Waals surface area (Å²) in [6.45, 7) is 2.20. The highest BCUT2D eigenvalue weighted by Crippen LogP contribution is 2.32. The average molecular weight is 236 g/mol. The molecule has 1 aromatic rings. The van der Waals surface area contributed by atoms with Gasteiger partial charge >= 0.3 is 0 Å². The van der Waals surface area contributed by atoms with Crippen LogP contribution in [0.3, 0.4) is 0 Å². The third-order valence-electron chi connectivity index (χ3n) is 3.45. The predicted octanol–water partition coefficient (Wildman–Crippen LogP) is 4.95. The Morgan fingerprint density at radius 3 is 2.41 bits per heavy atom. The second-order valence-electron chi connectivity index (χ2n) is 4.82. The summed E-state index contributed by atoms with van der Waals surface area (Å²) in [4.78, 5) is 0. The van der Waals surface area contributed by atoms with E-state index in [1.165, 1.54) is 25.0 Å². The van der Waals surface area contributed by atoms with E-state index in [4.69, 9.17) is 0 Å². The molecular weight excluding hydrogens is 218 g/mol. The van der Waals surface area contributed by atoms with Crippen molar-refractivity contribution in [2.75, 3.05) is 0 Å². The zero-order chi connectivity index (χ0) is 12.3. The fourth-order valence-corrected chi connectivity index (χ4v) is 2.56. The van der Waals surface area contributed by atoms with Crippen molar-refractivity contribution in [1.29, 1.82) is 0 Å². The molecule has 0 amide bonds. The lowest BCUT2D eigenvalue weighted by Gasteiger charge is -2.21. The molecule has 1 atom stereocenters. The minimum absolute atomic E-state index is 0.489. The predicted molar refractivity (Wildman–Crippen MR) is 66.6 cm³/mol. The average Bonchev–Trinajstić information content (AvgIpc) is 2.29. The van der Waals surface area contributed by atoms with Crippen LogP contribution in [0, 0.1) is 17.6 Å². The fourth-order valence-electron chi connectivity index (χ4n) is 2.56. The van der Waals surface area contributed by atoms with E-state index in [0.29, 0.717) is 5.56 Å². The van der Waals surface area contributed by atoms with Crippen LogP contribution in [0.4, 0.5) is 8.78 Å². The lowest BCUT2D eigenvalue weighted by atomic mass is 9.84. The van der Waals surface area contributed by atoms with E-state index in [0.717, 1.165) is 36.8 Å². The van der Waals surface area contributed by atoms with E-state index in [1.54, 1.807) is 0 Å². The quantitative estimate of drug-likeness (QED) is 0.696. The van der Waals surface area contributed by atoms with E-state index in [9.17, 15) is 8.78 Å². The lowest BCUT2D eigenvalue weighted by molar-refractivity contribution is 0.445. The third kappa shape index (κ3) is 3.15. The first kappa shape index (κ1) is 12.3. The minimum Gasteiger partial charge on any atom is -0.207 e. The third-order valence-corrected chi connectivity index (χ3v) is 3.45. The van der Waals surface area contributed by atoms with Crippen molar-refractivity contribution >= 4 is 5.57 Å². The molecule has 1 aromatic carbocycles. The molecule has 0 N–H and O–H groups in total. The normalized spacial score (nSPS) is 20.2. The summed E-state index contributed by atoms with van der Waals surface area (Å²) in [7, 11) is 0. The molecule has 0 bridgehead atoms. The van der Waals surface area contributed by atoms with Gasteiger partial charge in [0.2, 0.25) is 0 Å². The Labute approximate surface area is 101 Å².